The van der Waals surface area contributed by atoms with Crippen molar-refractivity contribution in [1.82, 2.24) is 4.98 Å². The molecule has 0 aliphatic rings. The van der Waals surface area contributed by atoms with Crippen LogP contribution in [0.1, 0.15) is 23.0 Å². The Hall–Kier alpha value is -2.53. The van der Waals surface area contributed by atoms with Crippen molar-refractivity contribution in [3.05, 3.63) is 46.7 Å². The minimum Gasteiger partial charge on any atom is -0.460 e. The Morgan fingerprint density at radius 1 is 1.35 bits per heavy atom. The van der Waals surface area contributed by atoms with E-state index in [-0.39, 0.29) is 18.1 Å². The Morgan fingerprint density at radius 3 is 2.70 bits per heavy atom. The van der Waals surface area contributed by atoms with Crippen LogP contribution in [0, 0.1) is 6.92 Å². The number of esters is 1. The first-order valence-corrected chi connectivity index (χ1v) is 7.51. The fraction of sp³-hybridized carbons (Fsp3) is 0.176. The molecule has 0 radical (unpaired) electrons. The molecule has 6 heteroatoms. The van der Waals surface area contributed by atoms with Crippen LogP contribution in [-0.4, -0.2) is 17.6 Å². The van der Waals surface area contributed by atoms with E-state index in [1.54, 1.807) is 19.1 Å². The van der Waals surface area contributed by atoms with Crippen molar-refractivity contribution in [3.63, 3.8) is 0 Å². The molecule has 2 aromatic heterocycles. The highest BCUT2D eigenvalue weighted by molar-refractivity contribution is 6.30. The van der Waals surface area contributed by atoms with Gasteiger partial charge in [-0.05, 0) is 37.6 Å². The number of benzene rings is 1. The molecule has 0 bridgehead atoms. The molecule has 0 amide bonds. The maximum atomic E-state index is 11.9. The van der Waals surface area contributed by atoms with Gasteiger partial charge in [0.2, 0.25) is 11.5 Å². The van der Waals surface area contributed by atoms with Crippen molar-refractivity contribution in [2.75, 3.05) is 12.3 Å². The van der Waals surface area contributed by atoms with Gasteiger partial charge in [0.1, 0.15) is 0 Å². The van der Waals surface area contributed by atoms with Gasteiger partial charge in [-0.2, -0.15) is 0 Å². The van der Waals surface area contributed by atoms with E-state index < -0.39 is 5.97 Å². The molecule has 3 aromatic rings. The number of nitrogens with zero attached hydrogens (tertiary/aromatic N) is 1. The Kier molecular flexibility index (Phi) is 3.96. The second-order valence-corrected chi connectivity index (χ2v) is 5.51. The number of aromatic nitrogens is 1. The van der Waals surface area contributed by atoms with Crippen LogP contribution in [0.25, 0.3) is 22.4 Å². The number of halogens is 1. The van der Waals surface area contributed by atoms with E-state index in [9.17, 15) is 4.79 Å². The van der Waals surface area contributed by atoms with Crippen molar-refractivity contribution in [3.8, 4) is 11.3 Å². The zero-order valence-corrected chi connectivity index (χ0v) is 13.5. The number of carbonyl (C=O) groups is 1. The lowest BCUT2D eigenvalue weighted by atomic mass is 10.1. The van der Waals surface area contributed by atoms with Crippen LogP contribution in [0.3, 0.4) is 0 Å². The number of furan rings is 1. The monoisotopic (exact) mass is 330 g/mol. The number of fused-ring (bicyclic) bond motifs is 1. The summed E-state index contributed by atoms with van der Waals surface area (Å²) in [5.74, 6) is -0.596. The van der Waals surface area contributed by atoms with Crippen molar-refractivity contribution >= 4 is 34.4 Å². The van der Waals surface area contributed by atoms with Gasteiger partial charge in [0.05, 0.1) is 23.4 Å². The van der Waals surface area contributed by atoms with Crippen LogP contribution in [0.2, 0.25) is 5.02 Å². The van der Waals surface area contributed by atoms with E-state index in [1.807, 2.05) is 25.1 Å². The predicted molar refractivity (Wildman–Crippen MR) is 89.6 cm³/mol. The normalized spacial score (nSPS) is 10.9. The fourth-order valence-corrected chi connectivity index (χ4v) is 2.55. The predicted octanol–water partition coefficient (Wildman–Crippen LogP) is 4.22. The molecule has 0 aliphatic carbocycles. The van der Waals surface area contributed by atoms with Crippen LogP contribution in [0.15, 0.2) is 34.7 Å². The quantitative estimate of drug-likeness (QED) is 0.727. The number of carbonyl (C=O) groups excluding carboxylic acids is 1. The van der Waals surface area contributed by atoms with Gasteiger partial charge in [0.25, 0.3) is 0 Å². The molecule has 2 heterocycles. The summed E-state index contributed by atoms with van der Waals surface area (Å²) in [5.41, 5.74) is 9.08. The number of ether oxygens (including phenoxy) is 1. The summed E-state index contributed by atoms with van der Waals surface area (Å²) in [6.07, 6.45) is 0. The lowest BCUT2D eigenvalue weighted by molar-refractivity contribution is 0.0494. The van der Waals surface area contributed by atoms with E-state index in [1.165, 1.54) is 0 Å². The summed E-state index contributed by atoms with van der Waals surface area (Å²) >= 11 is 5.91. The number of rotatable bonds is 3. The first kappa shape index (κ1) is 15.4. The average Bonchev–Trinajstić information content (AvgIpc) is 2.86. The number of aryl methyl sites for hydroxylation is 1. The van der Waals surface area contributed by atoms with E-state index in [4.69, 9.17) is 26.5 Å². The second-order valence-electron chi connectivity index (χ2n) is 5.08. The zero-order valence-electron chi connectivity index (χ0n) is 12.7. The molecule has 0 unspecified atom stereocenters. The first-order chi connectivity index (χ1) is 11.0. The third-order valence-corrected chi connectivity index (χ3v) is 3.75. The Morgan fingerprint density at radius 2 is 2.04 bits per heavy atom. The van der Waals surface area contributed by atoms with Crippen LogP contribution < -0.4 is 5.73 Å². The molecule has 0 aliphatic heterocycles. The van der Waals surface area contributed by atoms with E-state index in [0.717, 1.165) is 16.8 Å². The smallest absolute Gasteiger partial charge is 0.376 e. The topological polar surface area (TPSA) is 78.3 Å². The van der Waals surface area contributed by atoms with Crippen LogP contribution in [0.4, 0.5) is 5.69 Å². The maximum absolute atomic E-state index is 11.9. The van der Waals surface area contributed by atoms with Gasteiger partial charge >= 0.3 is 5.97 Å². The average molecular weight is 331 g/mol. The first-order valence-electron chi connectivity index (χ1n) is 7.14. The van der Waals surface area contributed by atoms with Gasteiger partial charge < -0.3 is 14.9 Å². The standard InChI is InChI=1S/C17H15ClN2O3/c1-3-22-17(21)15-14(19)13-9(2)8-12(20-16(13)23-15)10-4-6-11(18)7-5-10/h4-8H,3,19H2,1-2H3. The van der Waals surface area contributed by atoms with Crippen LogP contribution in [0.5, 0.6) is 0 Å². The largest absolute Gasteiger partial charge is 0.460 e. The molecular weight excluding hydrogens is 316 g/mol. The zero-order chi connectivity index (χ0) is 16.6. The summed E-state index contributed by atoms with van der Waals surface area (Å²) in [5, 5.41) is 1.28. The molecule has 0 fully saturated rings. The molecule has 0 spiro atoms. The summed E-state index contributed by atoms with van der Waals surface area (Å²) in [7, 11) is 0. The molecule has 0 saturated heterocycles. The SMILES string of the molecule is CCOC(=O)c1oc2nc(-c3ccc(Cl)cc3)cc(C)c2c1N. The van der Waals surface area contributed by atoms with Crippen LogP contribution in [-0.2, 0) is 4.74 Å². The molecule has 2 N–H and O–H groups in total. The third-order valence-electron chi connectivity index (χ3n) is 3.50. The van der Waals surface area contributed by atoms with Gasteiger partial charge in [-0.1, -0.05) is 23.7 Å². The maximum Gasteiger partial charge on any atom is 0.376 e. The van der Waals surface area contributed by atoms with Gasteiger partial charge in [-0.25, -0.2) is 9.78 Å². The van der Waals surface area contributed by atoms with Gasteiger partial charge in [0, 0.05) is 10.6 Å². The summed E-state index contributed by atoms with van der Waals surface area (Å²) in [4.78, 5) is 16.4. The van der Waals surface area contributed by atoms with Gasteiger partial charge in [0.15, 0.2) is 0 Å². The van der Waals surface area contributed by atoms with Crippen LogP contribution >= 0.6 is 11.6 Å². The summed E-state index contributed by atoms with van der Waals surface area (Å²) in [6, 6.07) is 9.21. The van der Waals surface area contributed by atoms with Crippen molar-refractivity contribution in [1.29, 1.82) is 0 Å². The fourth-order valence-electron chi connectivity index (χ4n) is 2.43. The molecule has 3 rings (SSSR count). The third kappa shape index (κ3) is 2.75. The lowest BCUT2D eigenvalue weighted by Gasteiger charge is -2.03. The number of nitrogen functional groups attached to an aromatic ring is 1. The number of hydrogen-bond acceptors (Lipinski definition) is 5. The molecule has 5 nitrogen and oxygen atoms in total. The lowest BCUT2D eigenvalue weighted by Crippen LogP contribution is -2.05. The Balaban J connectivity index is 2.15. The summed E-state index contributed by atoms with van der Waals surface area (Å²) < 4.78 is 10.5. The van der Waals surface area contributed by atoms with Crippen molar-refractivity contribution < 1.29 is 13.9 Å². The molecule has 118 valence electrons. The minimum atomic E-state index is -0.588. The molecule has 0 atom stereocenters. The molecule has 0 saturated carbocycles. The number of pyridine rings is 1. The van der Waals surface area contributed by atoms with E-state index >= 15 is 0 Å². The highest BCUT2D eigenvalue weighted by Gasteiger charge is 2.22. The summed E-state index contributed by atoms with van der Waals surface area (Å²) in [6.45, 7) is 3.86. The van der Waals surface area contributed by atoms with Crippen molar-refractivity contribution in [2.24, 2.45) is 0 Å². The highest BCUT2D eigenvalue weighted by Crippen LogP contribution is 2.33. The molecular formula is C17H15ClN2O3. The molecule has 23 heavy (non-hydrogen) atoms. The van der Waals surface area contributed by atoms with Gasteiger partial charge in [-0.3, -0.25) is 0 Å². The van der Waals surface area contributed by atoms with Crippen molar-refractivity contribution in [2.45, 2.75) is 13.8 Å². The Labute approximate surface area is 138 Å². The van der Waals surface area contributed by atoms with E-state index in [0.29, 0.717) is 16.1 Å². The second kappa shape index (κ2) is 5.93. The highest BCUT2D eigenvalue weighted by atomic mass is 35.5. The number of nitrogens with two attached hydrogens (primary N) is 1. The molecule has 1 aromatic carbocycles. The van der Waals surface area contributed by atoms with E-state index in [2.05, 4.69) is 4.98 Å². The Bertz CT molecular complexity index is 885. The number of hydrogen-bond donors (Lipinski definition) is 1. The minimum absolute atomic E-state index is 0.00861. The van der Waals surface area contributed by atoms with Gasteiger partial charge in [-0.15, -0.1) is 0 Å². The number of anilines is 1.